The van der Waals surface area contributed by atoms with Crippen molar-refractivity contribution in [1.29, 1.82) is 0 Å². The Morgan fingerprint density at radius 3 is 2.36 bits per heavy atom. The van der Waals surface area contributed by atoms with Crippen molar-refractivity contribution in [2.75, 3.05) is 5.32 Å². The van der Waals surface area contributed by atoms with Crippen LogP contribution in [0.4, 0.5) is 10.6 Å². The predicted molar refractivity (Wildman–Crippen MR) is 85.3 cm³/mol. The van der Waals surface area contributed by atoms with Crippen LogP contribution in [0.25, 0.3) is 0 Å². The van der Waals surface area contributed by atoms with Crippen molar-refractivity contribution < 1.29 is 15.0 Å². The van der Waals surface area contributed by atoms with Gasteiger partial charge in [0, 0.05) is 16.6 Å². The van der Waals surface area contributed by atoms with Gasteiger partial charge < -0.3 is 10.2 Å². The lowest BCUT2D eigenvalue weighted by Gasteiger charge is -2.31. The first-order chi connectivity index (χ1) is 10.3. The first-order valence-electron chi connectivity index (χ1n) is 6.70. The molecule has 0 bridgehead atoms. The van der Waals surface area contributed by atoms with Crippen molar-refractivity contribution >= 4 is 23.5 Å². The third-order valence-corrected chi connectivity index (χ3v) is 3.86. The Hall–Kier alpha value is -2.11. The van der Waals surface area contributed by atoms with Gasteiger partial charge in [0.15, 0.2) is 0 Å². The van der Waals surface area contributed by atoms with Gasteiger partial charge in [-0.3, -0.25) is 5.32 Å². The number of benzene rings is 1. The quantitative estimate of drug-likeness (QED) is 0.799. The minimum atomic E-state index is -1.18. The van der Waals surface area contributed by atoms with Crippen LogP contribution in [0.5, 0.6) is 0 Å². The zero-order valence-corrected chi connectivity index (χ0v) is 13.0. The molecule has 1 atom stereocenters. The summed E-state index contributed by atoms with van der Waals surface area (Å²) >= 11 is 5.89. The average Bonchev–Trinajstić information content (AvgIpc) is 2.47. The first kappa shape index (κ1) is 16.3. The summed E-state index contributed by atoms with van der Waals surface area (Å²) < 4.78 is 0. The van der Waals surface area contributed by atoms with Crippen molar-refractivity contribution in [2.24, 2.45) is 0 Å². The maximum absolute atomic E-state index is 10.6. The number of halogens is 1. The Labute approximate surface area is 133 Å². The molecule has 3 N–H and O–H groups in total. The molecule has 116 valence electrons. The molecule has 1 unspecified atom stereocenters. The van der Waals surface area contributed by atoms with Crippen LogP contribution in [0.2, 0.25) is 5.02 Å². The van der Waals surface area contributed by atoms with Gasteiger partial charge in [-0.25, -0.2) is 9.78 Å². The lowest BCUT2D eigenvalue weighted by Crippen LogP contribution is -2.27. The molecule has 6 heteroatoms. The molecule has 2 rings (SSSR count). The summed E-state index contributed by atoms with van der Waals surface area (Å²) in [6, 6.07) is 10.5. The molecular formula is C16H17ClN2O3. The largest absolute Gasteiger partial charge is 0.465 e. The van der Waals surface area contributed by atoms with Gasteiger partial charge in [-0.2, -0.15) is 0 Å². The SMILES string of the molecule is CC(C)(c1ccc(Cl)cc1)C(O)c1ccc(NC(=O)O)nc1. The van der Waals surface area contributed by atoms with Gasteiger partial charge >= 0.3 is 6.09 Å². The number of nitrogens with one attached hydrogen (secondary N) is 1. The van der Waals surface area contributed by atoms with Crippen LogP contribution in [0.3, 0.4) is 0 Å². The van der Waals surface area contributed by atoms with E-state index in [0.29, 0.717) is 10.6 Å². The molecule has 1 heterocycles. The van der Waals surface area contributed by atoms with Crippen LogP contribution in [-0.4, -0.2) is 21.3 Å². The first-order valence-corrected chi connectivity index (χ1v) is 7.08. The van der Waals surface area contributed by atoms with Crippen LogP contribution < -0.4 is 5.32 Å². The van der Waals surface area contributed by atoms with E-state index in [1.807, 2.05) is 26.0 Å². The van der Waals surface area contributed by atoms with Crippen LogP contribution in [0.15, 0.2) is 42.6 Å². The van der Waals surface area contributed by atoms with E-state index in [1.54, 1.807) is 18.2 Å². The number of rotatable bonds is 4. The number of aliphatic hydroxyl groups is 1. The van der Waals surface area contributed by atoms with E-state index in [4.69, 9.17) is 16.7 Å². The number of aromatic nitrogens is 1. The number of amides is 1. The minimum Gasteiger partial charge on any atom is -0.465 e. The number of anilines is 1. The van der Waals surface area contributed by atoms with E-state index in [9.17, 15) is 9.90 Å². The zero-order valence-electron chi connectivity index (χ0n) is 12.2. The second kappa shape index (κ2) is 6.34. The van der Waals surface area contributed by atoms with E-state index in [2.05, 4.69) is 10.3 Å². The molecule has 2 aromatic rings. The molecule has 0 aliphatic carbocycles. The van der Waals surface area contributed by atoms with Crippen LogP contribution in [-0.2, 0) is 5.41 Å². The Balaban J connectivity index is 2.23. The number of hydrogen-bond acceptors (Lipinski definition) is 3. The average molecular weight is 321 g/mol. The highest BCUT2D eigenvalue weighted by Gasteiger charge is 2.31. The van der Waals surface area contributed by atoms with Crippen molar-refractivity contribution in [1.82, 2.24) is 4.98 Å². The molecule has 22 heavy (non-hydrogen) atoms. The van der Waals surface area contributed by atoms with Crippen LogP contribution in [0.1, 0.15) is 31.1 Å². The summed E-state index contributed by atoms with van der Waals surface area (Å²) in [7, 11) is 0. The highest BCUT2D eigenvalue weighted by atomic mass is 35.5. The highest BCUT2D eigenvalue weighted by molar-refractivity contribution is 6.30. The Bertz CT molecular complexity index is 654. The normalized spacial score (nSPS) is 12.7. The number of carboxylic acid groups (broad SMARTS) is 1. The standard InChI is InChI=1S/C16H17ClN2O3/c1-16(2,11-4-6-12(17)7-5-11)14(20)10-3-8-13(18-9-10)19-15(21)22/h3-9,14,20H,1-2H3,(H,18,19)(H,21,22). The minimum absolute atomic E-state index is 0.216. The Morgan fingerprint density at radius 1 is 1.23 bits per heavy atom. The van der Waals surface area contributed by atoms with Crippen molar-refractivity contribution in [3.8, 4) is 0 Å². The molecule has 0 spiro atoms. The highest BCUT2D eigenvalue weighted by Crippen LogP contribution is 2.37. The van der Waals surface area contributed by atoms with Crippen LogP contribution in [0, 0.1) is 0 Å². The van der Waals surface area contributed by atoms with Gasteiger partial charge in [0.05, 0.1) is 6.10 Å². The summed E-state index contributed by atoms with van der Waals surface area (Å²) in [5.74, 6) is 0.216. The maximum Gasteiger partial charge on any atom is 0.410 e. The van der Waals surface area contributed by atoms with Gasteiger partial charge in [0.2, 0.25) is 0 Å². The molecule has 1 aromatic heterocycles. The fraction of sp³-hybridized carbons (Fsp3) is 0.250. The maximum atomic E-state index is 10.6. The van der Waals surface area contributed by atoms with E-state index in [0.717, 1.165) is 5.56 Å². The molecule has 0 fully saturated rings. The van der Waals surface area contributed by atoms with Gasteiger partial charge in [-0.1, -0.05) is 43.6 Å². The van der Waals surface area contributed by atoms with Gasteiger partial charge in [0.25, 0.3) is 0 Å². The Kier molecular flexibility index (Phi) is 4.68. The van der Waals surface area contributed by atoms with Crippen molar-refractivity contribution in [3.63, 3.8) is 0 Å². The zero-order chi connectivity index (χ0) is 16.3. The lowest BCUT2D eigenvalue weighted by molar-refractivity contribution is 0.0999. The molecule has 1 aromatic carbocycles. The number of aliphatic hydroxyl groups excluding tert-OH is 1. The smallest absolute Gasteiger partial charge is 0.410 e. The molecule has 0 aliphatic rings. The fourth-order valence-electron chi connectivity index (χ4n) is 2.20. The fourth-order valence-corrected chi connectivity index (χ4v) is 2.33. The third-order valence-electron chi connectivity index (χ3n) is 3.61. The summed E-state index contributed by atoms with van der Waals surface area (Å²) in [5.41, 5.74) is 1.00. The van der Waals surface area contributed by atoms with Gasteiger partial charge in [0.1, 0.15) is 5.82 Å². The molecule has 0 saturated carbocycles. The molecule has 1 amide bonds. The van der Waals surface area contributed by atoms with E-state index in [-0.39, 0.29) is 5.82 Å². The molecule has 5 nitrogen and oxygen atoms in total. The molecule has 0 radical (unpaired) electrons. The number of carbonyl (C=O) groups is 1. The predicted octanol–water partition coefficient (Wildman–Crippen LogP) is 3.84. The van der Waals surface area contributed by atoms with Gasteiger partial charge in [-0.05, 0) is 29.3 Å². The molecule has 0 aliphatic heterocycles. The summed E-state index contributed by atoms with van der Waals surface area (Å²) in [4.78, 5) is 14.5. The van der Waals surface area contributed by atoms with E-state index < -0.39 is 17.6 Å². The van der Waals surface area contributed by atoms with Gasteiger partial charge in [-0.15, -0.1) is 0 Å². The summed E-state index contributed by atoms with van der Waals surface area (Å²) in [6.07, 6.45) is -0.504. The topological polar surface area (TPSA) is 82.5 Å². The van der Waals surface area contributed by atoms with Crippen LogP contribution >= 0.6 is 11.6 Å². The lowest BCUT2D eigenvalue weighted by atomic mass is 9.77. The number of nitrogens with zero attached hydrogens (tertiary/aromatic N) is 1. The van der Waals surface area contributed by atoms with E-state index in [1.165, 1.54) is 12.3 Å². The Morgan fingerprint density at radius 2 is 1.86 bits per heavy atom. The van der Waals surface area contributed by atoms with E-state index >= 15 is 0 Å². The monoisotopic (exact) mass is 320 g/mol. The number of hydrogen-bond donors (Lipinski definition) is 3. The number of pyridine rings is 1. The second-order valence-corrected chi connectivity index (χ2v) is 5.97. The summed E-state index contributed by atoms with van der Waals surface area (Å²) in [5, 5.41) is 22.1. The molecule has 0 saturated heterocycles. The third kappa shape index (κ3) is 3.55. The second-order valence-electron chi connectivity index (χ2n) is 5.54. The summed E-state index contributed by atoms with van der Waals surface area (Å²) in [6.45, 7) is 3.84. The molecular weight excluding hydrogens is 304 g/mol. The van der Waals surface area contributed by atoms with Crippen molar-refractivity contribution in [2.45, 2.75) is 25.4 Å². The van der Waals surface area contributed by atoms with Crippen molar-refractivity contribution in [3.05, 3.63) is 58.7 Å².